The lowest BCUT2D eigenvalue weighted by atomic mass is 9.78. The Morgan fingerprint density at radius 3 is 2.44 bits per heavy atom. The highest BCUT2D eigenvalue weighted by molar-refractivity contribution is 5.95. The highest BCUT2D eigenvalue weighted by Gasteiger charge is 2.32. The van der Waals surface area contributed by atoms with E-state index in [0.717, 1.165) is 67.6 Å². The Kier molecular flexibility index (Phi) is 9.84. The first-order valence-electron chi connectivity index (χ1n) is 14.4. The van der Waals surface area contributed by atoms with E-state index in [1.54, 1.807) is 12.1 Å². The van der Waals surface area contributed by atoms with E-state index in [-0.39, 0.29) is 17.9 Å². The molecule has 0 radical (unpaired) electrons. The summed E-state index contributed by atoms with van der Waals surface area (Å²) in [6, 6.07) is 14.9. The van der Waals surface area contributed by atoms with Crippen LogP contribution in [0.2, 0.25) is 0 Å². The minimum Gasteiger partial charge on any atom is -0.496 e. The molecule has 1 N–H and O–H groups in total. The SMILES string of the molecule is C=NN(C)/C=C(\C)c1cccc(N(CC2CCC(c3ccc(OC)c(C)c3)CC2)C(=O)C2CCC(O)CC2)c1. The number of hydrazone groups is 1. The maximum atomic E-state index is 14.0. The van der Waals surface area contributed by atoms with Crippen molar-refractivity contribution in [1.29, 1.82) is 0 Å². The van der Waals surface area contributed by atoms with E-state index >= 15 is 0 Å². The maximum Gasteiger partial charge on any atom is 0.230 e. The smallest absolute Gasteiger partial charge is 0.230 e. The van der Waals surface area contributed by atoms with Crippen LogP contribution in [0.3, 0.4) is 0 Å². The Morgan fingerprint density at radius 1 is 1.08 bits per heavy atom. The first kappa shape index (κ1) is 28.9. The molecule has 2 aliphatic carbocycles. The maximum absolute atomic E-state index is 14.0. The summed E-state index contributed by atoms with van der Waals surface area (Å²) in [5, 5.41) is 15.7. The molecule has 0 saturated heterocycles. The van der Waals surface area contributed by atoms with E-state index in [4.69, 9.17) is 4.74 Å². The summed E-state index contributed by atoms with van der Waals surface area (Å²) in [7, 11) is 3.58. The number of aliphatic hydroxyl groups is 1. The van der Waals surface area contributed by atoms with Gasteiger partial charge in [-0.25, -0.2) is 0 Å². The number of nitrogens with zero attached hydrogens (tertiary/aromatic N) is 3. The van der Waals surface area contributed by atoms with Gasteiger partial charge in [-0.15, -0.1) is 0 Å². The monoisotopic (exact) mass is 531 g/mol. The summed E-state index contributed by atoms with van der Waals surface area (Å²) in [6.07, 6.45) is 9.10. The third-order valence-electron chi connectivity index (χ3n) is 8.71. The van der Waals surface area contributed by atoms with Crippen LogP contribution >= 0.6 is 0 Å². The fourth-order valence-corrected chi connectivity index (χ4v) is 6.27. The fraction of sp³-hybridized carbons (Fsp3) is 0.515. The number of amides is 1. The summed E-state index contributed by atoms with van der Waals surface area (Å²) >= 11 is 0. The van der Waals surface area contributed by atoms with Crippen LogP contribution in [0.1, 0.15) is 80.9 Å². The van der Waals surface area contributed by atoms with Crippen molar-refractivity contribution in [1.82, 2.24) is 5.01 Å². The van der Waals surface area contributed by atoms with Crippen LogP contribution < -0.4 is 9.64 Å². The van der Waals surface area contributed by atoms with E-state index < -0.39 is 0 Å². The molecule has 2 aliphatic rings. The van der Waals surface area contributed by atoms with Crippen molar-refractivity contribution in [3.8, 4) is 5.75 Å². The van der Waals surface area contributed by atoms with E-state index in [2.05, 4.69) is 67.0 Å². The lowest BCUT2D eigenvalue weighted by molar-refractivity contribution is -0.124. The Morgan fingerprint density at radius 2 is 1.79 bits per heavy atom. The topological polar surface area (TPSA) is 65.4 Å². The van der Waals surface area contributed by atoms with Gasteiger partial charge < -0.3 is 14.7 Å². The Labute approximate surface area is 234 Å². The predicted octanol–water partition coefficient (Wildman–Crippen LogP) is 6.77. The third kappa shape index (κ3) is 7.30. The summed E-state index contributed by atoms with van der Waals surface area (Å²) in [6.45, 7) is 8.50. The molecule has 0 atom stereocenters. The van der Waals surface area contributed by atoms with Crippen LogP contribution in [-0.4, -0.2) is 49.5 Å². The van der Waals surface area contributed by atoms with Gasteiger partial charge >= 0.3 is 0 Å². The highest BCUT2D eigenvalue weighted by atomic mass is 16.5. The van der Waals surface area contributed by atoms with Crippen LogP contribution in [0.4, 0.5) is 5.69 Å². The highest BCUT2D eigenvalue weighted by Crippen LogP contribution is 2.39. The Hall–Kier alpha value is -3.12. The van der Waals surface area contributed by atoms with Gasteiger partial charge in [0.05, 0.1) is 13.2 Å². The number of carbonyl (C=O) groups is 1. The van der Waals surface area contributed by atoms with Gasteiger partial charge in [-0.3, -0.25) is 9.80 Å². The molecule has 0 heterocycles. The molecule has 2 aromatic rings. The largest absolute Gasteiger partial charge is 0.496 e. The van der Waals surface area contributed by atoms with Gasteiger partial charge in [0.1, 0.15) is 5.75 Å². The number of hydrogen-bond acceptors (Lipinski definition) is 5. The van der Waals surface area contributed by atoms with E-state index in [0.29, 0.717) is 24.7 Å². The lowest BCUT2D eigenvalue weighted by Gasteiger charge is -2.36. The molecule has 0 aromatic heterocycles. The summed E-state index contributed by atoms with van der Waals surface area (Å²) < 4.78 is 5.45. The van der Waals surface area contributed by atoms with Crippen molar-refractivity contribution < 1.29 is 14.6 Å². The molecule has 1 amide bonds. The van der Waals surface area contributed by atoms with E-state index in [1.807, 2.05) is 19.3 Å². The van der Waals surface area contributed by atoms with Crippen molar-refractivity contribution in [2.24, 2.45) is 16.9 Å². The van der Waals surface area contributed by atoms with Crippen molar-refractivity contribution in [3.63, 3.8) is 0 Å². The molecule has 0 aliphatic heterocycles. The average Bonchev–Trinajstić information content (AvgIpc) is 2.96. The molecule has 0 unspecified atom stereocenters. The lowest BCUT2D eigenvalue weighted by Crippen LogP contribution is -2.41. The van der Waals surface area contributed by atoms with Crippen molar-refractivity contribution >= 4 is 23.9 Å². The van der Waals surface area contributed by atoms with Gasteiger partial charge in [-0.2, -0.15) is 5.10 Å². The number of benzene rings is 2. The molecule has 2 saturated carbocycles. The number of rotatable bonds is 9. The van der Waals surface area contributed by atoms with Crippen LogP contribution in [-0.2, 0) is 4.79 Å². The standard InChI is InChI=1S/C33H45N3O3/c1-23-19-29(15-18-32(23)39-5)26-11-9-25(10-12-26)22-36(33(38)27-13-16-31(37)17-14-27)30-8-6-7-28(20-30)24(2)21-35(4)34-3/h6-8,15,18-21,25-27,31,37H,3,9-14,16-17,22H2,1-2,4-5H3/b24-21+. The molecule has 39 heavy (non-hydrogen) atoms. The average molecular weight is 532 g/mol. The number of aryl methyl sites for hydroxylation is 1. The summed E-state index contributed by atoms with van der Waals surface area (Å²) in [4.78, 5) is 16.0. The molecular formula is C33H45N3O3. The molecule has 6 heteroatoms. The van der Waals surface area contributed by atoms with Crippen LogP contribution in [0.25, 0.3) is 5.57 Å². The molecule has 210 valence electrons. The third-order valence-corrected chi connectivity index (χ3v) is 8.71. The van der Waals surface area contributed by atoms with E-state index in [1.165, 1.54) is 11.1 Å². The van der Waals surface area contributed by atoms with Crippen molar-refractivity contribution in [2.45, 2.75) is 77.2 Å². The minimum atomic E-state index is -0.272. The number of methoxy groups -OCH3 is 1. The fourth-order valence-electron chi connectivity index (χ4n) is 6.27. The molecular weight excluding hydrogens is 486 g/mol. The Bertz CT molecular complexity index is 1160. The molecule has 6 nitrogen and oxygen atoms in total. The second-order valence-electron chi connectivity index (χ2n) is 11.5. The zero-order valence-electron chi connectivity index (χ0n) is 24.1. The van der Waals surface area contributed by atoms with Gasteiger partial charge in [0, 0.05) is 38.1 Å². The van der Waals surface area contributed by atoms with Crippen molar-refractivity contribution in [2.75, 3.05) is 25.6 Å². The molecule has 0 spiro atoms. The van der Waals surface area contributed by atoms with Crippen LogP contribution in [0.5, 0.6) is 5.75 Å². The van der Waals surface area contributed by atoms with Gasteiger partial charge in [0.2, 0.25) is 5.91 Å². The van der Waals surface area contributed by atoms with E-state index in [9.17, 15) is 9.90 Å². The molecule has 2 aromatic carbocycles. The zero-order valence-corrected chi connectivity index (χ0v) is 24.1. The van der Waals surface area contributed by atoms with Gasteiger partial charge in [-0.05, 0) is 118 Å². The molecule has 2 fully saturated rings. The number of ether oxygens (including phenoxy) is 1. The quantitative estimate of drug-likeness (QED) is 0.286. The normalized spacial score (nSPS) is 23.7. The predicted molar refractivity (Wildman–Crippen MR) is 160 cm³/mol. The number of anilines is 1. The summed E-state index contributed by atoms with van der Waals surface area (Å²) in [5.74, 6) is 2.15. The second kappa shape index (κ2) is 13.3. The zero-order chi connectivity index (χ0) is 27.9. The number of hydrogen-bond donors (Lipinski definition) is 1. The summed E-state index contributed by atoms with van der Waals surface area (Å²) in [5.41, 5.74) is 5.67. The van der Waals surface area contributed by atoms with Crippen LogP contribution in [0, 0.1) is 18.8 Å². The van der Waals surface area contributed by atoms with Crippen molar-refractivity contribution in [3.05, 3.63) is 65.4 Å². The Balaban J connectivity index is 1.51. The minimum absolute atomic E-state index is 0.0246. The first-order chi connectivity index (χ1) is 18.8. The molecule has 4 rings (SSSR count). The molecule has 0 bridgehead atoms. The number of carbonyl (C=O) groups excluding carboxylic acids is 1. The first-order valence-corrected chi connectivity index (χ1v) is 14.4. The van der Waals surface area contributed by atoms with Gasteiger partial charge in [0.15, 0.2) is 0 Å². The van der Waals surface area contributed by atoms with Gasteiger partial charge in [-0.1, -0.05) is 24.3 Å². The van der Waals surface area contributed by atoms with Gasteiger partial charge in [0.25, 0.3) is 0 Å². The number of allylic oxidation sites excluding steroid dienone is 1. The van der Waals surface area contributed by atoms with Crippen LogP contribution in [0.15, 0.2) is 53.8 Å². The number of aliphatic hydroxyl groups excluding tert-OH is 1. The second-order valence-corrected chi connectivity index (χ2v) is 11.5.